The van der Waals surface area contributed by atoms with Gasteiger partial charge in [-0.15, -0.1) is 0 Å². The smallest absolute Gasteiger partial charge is 0.306 e. The number of carbonyl (C=O) groups excluding carboxylic acids is 2. The predicted molar refractivity (Wildman–Crippen MR) is 270 cm³/mol. The third-order valence-electron chi connectivity index (χ3n) is 11.2. The normalized spacial score (nSPS) is 12.8. The molecule has 0 aliphatic rings. The first-order valence-electron chi connectivity index (χ1n) is 26.5. The Balaban J connectivity index is 4.35. The van der Waals surface area contributed by atoms with Crippen LogP contribution in [-0.2, 0) is 23.8 Å². The molecule has 1 unspecified atom stereocenters. The molecule has 0 radical (unpaired) electrons. The SMILES string of the molecule is CC/C=C\C/C=C\C/C=C\C/C=C\C/C=C\CCOCC(COC(=O)CCCCCCCCCCCCCCCCCCC)OC(=O)CCCCCCC/C=C\CCCCCC. The van der Waals surface area contributed by atoms with Crippen LogP contribution >= 0.6 is 0 Å². The second-order valence-electron chi connectivity index (χ2n) is 17.4. The molecule has 358 valence electrons. The molecule has 62 heavy (non-hydrogen) atoms. The molecule has 0 aliphatic carbocycles. The van der Waals surface area contributed by atoms with Gasteiger partial charge < -0.3 is 14.2 Å². The van der Waals surface area contributed by atoms with Gasteiger partial charge in [-0.05, 0) is 77.0 Å². The number of allylic oxidation sites excluding steroid dienone is 11. The lowest BCUT2D eigenvalue weighted by atomic mass is 10.0. The highest BCUT2D eigenvalue weighted by Gasteiger charge is 2.17. The van der Waals surface area contributed by atoms with E-state index in [-0.39, 0.29) is 25.2 Å². The van der Waals surface area contributed by atoms with E-state index in [1.165, 1.54) is 141 Å². The van der Waals surface area contributed by atoms with Crippen LogP contribution in [0.2, 0.25) is 0 Å². The Hall–Kier alpha value is -2.66. The number of hydrogen-bond acceptors (Lipinski definition) is 5. The van der Waals surface area contributed by atoms with Crippen LogP contribution in [-0.4, -0.2) is 37.9 Å². The summed E-state index contributed by atoms with van der Waals surface area (Å²) in [5.41, 5.74) is 0. The van der Waals surface area contributed by atoms with E-state index in [1.54, 1.807) is 0 Å². The fraction of sp³-hybridized carbons (Fsp3) is 0.754. The quantitative estimate of drug-likeness (QED) is 0.0346. The first kappa shape index (κ1) is 59.3. The van der Waals surface area contributed by atoms with E-state index in [9.17, 15) is 9.59 Å². The van der Waals surface area contributed by atoms with Crippen LogP contribution in [0, 0.1) is 0 Å². The number of ether oxygens (including phenoxy) is 3. The van der Waals surface area contributed by atoms with Crippen LogP contribution in [0.25, 0.3) is 0 Å². The maximum Gasteiger partial charge on any atom is 0.306 e. The van der Waals surface area contributed by atoms with Gasteiger partial charge in [-0.3, -0.25) is 9.59 Å². The maximum atomic E-state index is 12.8. The summed E-state index contributed by atoms with van der Waals surface area (Å²) in [5, 5.41) is 0. The zero-order valence-corrected chi connectivity index (χ0v) is 41.1. The van der Waals surface area contributed by atoms with Crippen molar-refractivity contribution in [1.29, 1.82) is 0 Å². The van der Waals surface area contributed by atoms with Crippen molar-refractivity contribution >= 4 is 11.9 Å². The number of esters is 2. The van der Waals surface area contributed by atoms with Crippen LogP contribution < -0.4 is 0 Å². The van der Waals surface area contributed by atoms with Gasteiger partial charge in [-0.25, -0.2) is 0 Å². The minimum atomic E-state index is -0.580. The molecule has 0 saturated carbocycles. The number of unbranched alkanes of at least 4 members (excludes halogenated alkanes) is 25. The summed E-state index contributed by atoms with van der Waals surface area (Å²) < 4.78 is 17.3. The van der Waals surface area contributed by atoms with Crippen molar-refractivity contribution in [2.45, 2.75) is 258 Å². The zero-order valence-electron chi connectivity index (χ0n) is 41.1. The Morgan fingerprint density at radius 2 is 0.726 bits per heavy atom. The molecule has 0 N–H and O–H groups in total. The largest absolute Gasteiger partial charge is 0.462 e. The summed E-state index contributed by atoms with van der Waals surface area (Å²) >= 11 is 0. The number of carbonyl (C=O) groups is 2. The van der Waals surface area contributed by atoms with Crippen LogP contribution in [0.3, 0.4) is 0 Å². The molecular formula is C57H100O5. The van der Waals surface area contributed by atoms with Crippen LogP contribution in [0.15, 0.2) is 72.9 Å². The van der Waals surface area contributed by atoms with Gasteiger partial charge >= 0.3 is 11.9 Å². The van der Waals surface area contributed by atoms with Gasteiger partial charge in [0.1, 0.15) is 6.61 Å². The van der Waals surface area contributed by atoms with E-state index in [4.69, 9.17) is 14.2 Å². The Bertz CT molecular complexity index is 1110. The van der Waals surface area contributed by atoms with E-state index in [2.05, 4.69) is 93.7 Å². The van der Waals surface area contributed by atoms with E-state index in [1.807, 2.05) is 0 Å². The average Bonchev–Trinajstić information content (AvgIpc) is 3.27. The van der Waals surface area contributed by atoms with Gasteiger partial charge in [0, 0.05) is 12.8 Å². The van der Waals surface area contributed by atoms with Crippen molar-refractivity contribution in [3.05, 3.63) is 72.9 Å². The Morgan fingerprint density at radius 3 is 1.18 bits per heavy atom. The molecule has 0 aliphatic heterocycles. The Kier molecular flexibility index (Phi) is 50.4. The molecule has 0 fully saturated rings. The van der Waals surface area contributed by atoms with E-state index < -0.39 is 6.10 Å². The molecule has 0 bridgehead atoms. The third kappa shape index (κ3) is 50.0. The van der Waals surface area contributed by atoms with Crippen molar-refractivity contribution in [3.63, 3.8) is 0 Å². The van der Waals surface area contributed by atoms with Crippen molar-refractivity contribution in [2.24, 2.45) is 0 Å². The summed E-state index contributed by atoms with van der Waals surface area (Å²) in [4.78, 5) is 25.4. The third-order valence-corrected chi connectivity index (χ3v) is 11.2. The molecule has 0 heterocycles. The van der Waals surface area contributed by atoms with Crippen molar-refractivity contribution in [3.8, 4) is 0 Å². The second kappa shape index (κ2) is 52.7. The molecule has 0 aromatic carbocycles. The van der Waals surface area contributed by atoms with Gasteiger partial charge in [-0.2, -0.15) is 0 Å². The fourth-order valence-electron chi connectivity index (χ4n) is 7.33. The molecule has 5 heteroatoms. The number of rotatable bonds is 48. The van der Waals surface area contributed by atoms with Gasteiger partial charge in [0.05, 0.1) is 13.2 Å². The molecule has 0 aromatic heterocycles. The summed E-state index contributed by atoms with van der Waals surface area (Å²) in [6, 6.07) is 0. The first-order chi connectivity index (χ1) is 30.6. The summed E-state index contributed by atoms with van der Waals surface area (Å²) in [5.74, 6) is -0.441. The lowest BCUT2D eigenvalue weighted by Crippen LogP contribution is -2.30. The molecule has 0 rings (SSSR count). The van der Waals surface area contributed by atoms with Crippen LogP contribution in [0.5, 0.6) is 0 Å². The lowest BCUT2D eigenvalue weighted by Gasteiger charge is -2.18. The molecule has 0 amide bonds. The summed E-state index contributed by atoms with van der Waals surface area (Å²) in [7, 11) is 0. The molecule has 0 spiro atoms. The highest BCUT2D eigenvalue weighted by atomic mass is 16.6. The van der Waals surface area contributed by atoms with E-state index in [0.717, 1.165) is 77.0 Å². The number of hydrogen-bond donors (Lipinski definition) is 0. The van der Waals surface area contributed by atoms with Gasteiger partial charge in [0.15, 0.2) is 6.10 Å². The van der Waals surface area contributed by atoms with E-state index >= 15 is 0 Å². The minimum absolute atomic E-state index is 0.0529. The molecular weight excluding hydrogens is 765 g/mol. The highest BCUT2D eigenvalue weighted by molar-refractivity contribution is 5.70. The lowest BCUT2D eigenvalue weighted by molar-refractivity contribution is -0.162. The van der Waals surface area contributed by atoms with Gasteiger partial charge in [0.2, 0.25) is 0 Å². The van der Waals surface area contributed by atoms with Crippen LogP contribution in [0.1, 0.15) is 252 Å². The summed E-state index contributed by atoms with van der Waals surface area (Å²) in [6.07, 6.45) is 67.9. The Labute approximate surface area is 385 Å². The van der Waals surface area contributed by atoms with Crippen molar-refractivity contribution < 1.29 is 23.8 Å². The highest BCUT2D eigenvalue weighted by Crippen LogP contribution is 2.15. The topological polar surface area (TPSA) is 61.8 Å². The van der Waals surface area contributed by atoms with Crippen LogP contribution in [0.4, 0.5) is 0 Å². The zero-order chi connectivity index (χ0) is 44.9. The van der Waals surface area contributed by atoms with Gasteiger partial charge in [0.25, 0.3) is 0 Å². The van der Waals surface area contributed by atoms with Crippen molar-refractivity contribution in [2.75, 3.05) is 19.8 Å². The minimum Gasteiger partial charge on any atom is -0.462 e. The van der Waals surface area contributed by atoms with Gasteiger partial charge in [-0.1, -0.05) is 235 Å². The predicted octanol–water partition coefficient (Wildman–Crippen LogP) is 17.9. The first-order valence-corrected chi connectivity index (χ1v) is 26.5. The molecule has 5 nitrogen and oxygen atoms in total. The summed E-state index contributed by atoms with van der Waals surface area (Å²) in [6.45, 7) is 7.51. The van der Waals surface area contributed by atoms with Crippen molar-refractivity contribution in [1.82, 2.24) is 0 Å². The monoisotopic (exact) mass is 865 g/mol. The molecule has 1 atom stereocenters. The Morgan fingerprint density at radius 1 is 0.371 bits per heavy atom. The second-order valence-corrected chi connectivity index (χ2v) is 17.4. The van der Waals surface area contributed by atoms with E-state index in [0.29, 0.717) is 19.4 Å². The molecule has 0 saturated heterocycles. The molecule has 0 aromatic rings. The standard InChI is InChI=1S/C57H100O5/c1-4-7-10-13-16-19-22-25-27-29-30-33-35-38-41-44-47-50-56(58)61-54-55(62-57(59)51-48-45-42-39-36-32-24-21-18-15-12-9-6-3)53-60-52-49-46-43-40-37-34-31-28-26-23-20-17-14-11-8-5-2/h8,11,17,20-21,24,26,28,34,37,43,46,55H,4-7,9-10,12-16,18-19,22-23,25,27,29-33,35-36,38-42,44-45,47-54H2,1-3H3/b11-8-,20-17-,24-21-,28-26-,37-34-,46-43-. The maximum absolute atomic E-state index is 12.8. The average molecular weight is 865 g/mol. The fourth-order valence-corrected chi connectivity index (χ4v) is 7.33.